The fourth-order valence-electron chi connectivity index (χ4n) is 1.78. The summed E-state index contributed by atoms with van der Waals surface area (Å²) in [6.07, 6.45) is 2.22. The lowest BCUT2D eigenvalue weighted by atomic mass is 10.2. The van der Waals surface area contributed by atoms with Gasteiger partial charge in [-0.1, -0.05) is 11.3 Å². The van der Waals surface area contributed by atoms with Gasteiger partial charge in [0.15, 0.2) is 5.13 Å². The Morgan fingerprint density at radius 3 is 2.89 bits per heavy atom. The van der Waals surface area contributed by atoms with Crippen LogP contribution < -0.4 is 16.0 Å². The van der Waals surface area contributed by atoms with Gasteiger partial charge in [-0.05, 0) is 18.6 Å². The Balaban J connectivity index is 2.03. The summed E-state index contributed by atoms with van der Waals surface area (Å²) in [4.78, 5) is 18.7. The van der Waals surface area contributed by atoms with Crippen LogP contribution in [0.3, 0.4) is 0 Å². The van der Waals surface area contributed by atoms with Gasteiger partial charge in [0.1, 0.15) is 10.7 Å². The molecule has 3 N–H and O–H groups in total. The van der Waals surface area contributed by atoms with Crippen molar-refractivity contribution in [2.45, 2.75) is 18.9 Å². The number of rotatable bonds is 3. The normalized spacial score (nSPS) is 19.6. The second-order valence-electron chi connectivity index (χ2n) is 4.49. The molecule has 1 saturated heterocycles. The quantitative estimate of drug-likeness (QED) is 0.879. The van der Waals surface area contributed by atoms with Crippen LogP contribution in [0.2, 0.25) is 0 Å². The van der Waals surface area contributed by atoms with E-state index in [-0.39, 0.29) is 11.9 Å². The van der Waals surface area contributed by atoms with Crippen molar-refractivity contribution in [1.82, 2.24) is 10.3 Å². The third kappa shape index (κ3) is 3.08. The average molecular weight is 286 g/mol. The number of carbonyl (C=O) groups excluding carboxylic acids is 1. The predicted octanol–water partition coefficient (Wildman–Crippen LogP) is 1.42. The molecule has 1 fully saturated rings. The number of anilines is 2. The van der Waals surface area contributed by atoms with Crippen molar-refractivity contribution < 1.29 is 4.79 Å². The second-order valence-corrected chi connectivity index (χ2v) is 6.62. The molecule has 0 aromatic carbocycles. The minimum atomic E-state index is -0.0920. The van der Waals surface area contributed by atoms with E-state index in [1.165, 1.54) is 17.1 Å². The highest BCUT2D eigenvalue weighted by Crippen LogP contribution is 2.27. The number of thioether (sulfide) groups is 1. The Morgan fingerprint density at radius 2 is 2.33 bits per heavy atom. The Hall–Kier alpha value is -0.950. The van der Waals surface area contributed by atoms with Gasteiger partial charge in [0.2, 0.25) is 0 Å². The van der Waals surface area contributed by atoms with Gasteiger partial charge in [0.05, 0.1) is 0 Å². The topological polar surface area (TPSA) is 71.2 Å². The Bertz CT molecular complexity index is 427. The molecule has 0 radical (unpaired) electrons. The molecule has 1 unspecified atom stereocenters. The molecule has 1 atom stereocenters. The summed E-state index contributed by atoms with van der Waals surface area (Å²) in [5.41, 5.74) is 5.79. The van der Waals surface area contributed by atoms with Crippen LogP contribution in [0.4, 0.5) is 10.9 Å². The van der Waals surface area contributed by atoms with Crippen molar-refractivity contribution in [3.05, 3.63) is 4.88 Å². The highest BCUT2D eigenvalue weighted by Gasteiger charge is 2.21. The molecule has 0 spiro atoms. The zero-order valence-electron chi connectivity index (χ0n) is 10.6. The SMILES string of the molecule is CN(C)c1nc(N)c(C(=O)NC2CCCSC2)s1. The number of carbonyl (C=O) groups is 1. The van der Waals surface area contributed by atoms with Gasteiger partial charge in [0.25, 0.3) is 5.91 Å². The summed E-state index contributed by atoms with van der Waals surface area (Å²) in [5.74, 6) is 2.42. The van der Waals surface area contributed by atoms with Gasteiger partial charge in [0, 0.05) is 25.9 Å². The highest BCUT2D eigenvalue weighted by molar-refractivity contribution is 7.99. The Kier molecular flexibility index (Phi) is 4.34. The van der Waals surface area contributed by atoms with Gasteiger partial charge < -0.3 is 16.0 Å². The van der Waals surface area contributed by atoms with E-state index in [2.05, 4.69) is 10.3 Å². The van der Waals surface area contributed by atoms with E-state index in [1.807, 2.05) is 30.8 Å². The van der Waals surface area contributed by atoms with Crippen LogP contribution in [0.15, 0.2) is 0 Å². The molecule has 0 bridgehead atoms. The maximum Gasteiger partial charge on any atom is 0.265 e. The average Bonchev–Trinajstić information content (AvgIpc) is 2.73. The van der Waals surface area contributed by atoms with Gasteiger partial charge in [-0.15, -0.1) is 0 Å². The van der Waals surface area contributed by atoms with Crippen LogP contribution >= 0.6 is 23.1 Å². The zero-order chi connectivity index (χ0) is 13.1. The third-order valence-corrected chi connectivity index (χ3v) is 5.18. The molecule has 1 aliphatic heterocycles. The van der Waals surface area contributed by atoms with E-state index < -0.39 is 0 Å². The van der Waals surface area contributed by atoms with E-state index in [1.54, 1.807) is 0 Å². The van der Waals surface area contributed by atoms with Crippen molar-refractivity contribution in [2.24, 2.45) is 0 Å². The van der Waals surface area contributed by atoms with Gasteiger partial charge in [-0.2, -0.15) is 11.8 Å². The number of nitrogens with two attached hydrogens (primary N) is 1. The molecule has 7 heteroatoms. The standard InChI is InChI=1S/C11H18N4OS2/c1-15(2)11-14-9(12)8(18-11)10(16)13-7-4-3-5-17-6-7/h7H,3-6,12H2,1-2H3,(H,13,16). The van der Waals surface area contributed by atoms with E-state index in [9.17, 15) is 4.79 Å². The number of amides is 1. The Labute approximate surface area is 115 Å². The van der Waals surface area contributed by atoms with E-state index in [0.29, 0.717) is 10.7 Å². The van der Waals surface area contributed by atoms with Crippen molar-refractivity contribution >= 4 is 40.0 Å². The molecule has 2 rings (SSSR count). The maximum absolute atomic E-state index is 12.1. The molecule has 1 aromatic heterocycles. The third-order valence-electron chi connectivity index (χ3n) is 2.73. The van der Waals surface area contributed by atoms with E-state index in [4.69, 9.17) is 5.73 Å². The predicted molar refractivity (Wildman–Crippen MR) is 78.7 cm³/mol. The minimum Gasteiger partial charge on any atom is -0.382 e. The second kappa shape index (κ2) is 5.79. The number of aromatic nitrogens is 1. The molecule has 5 nitrogen and oxygen atoms in total. The number of nitrogens with one attached hydrogen (secondary N) is 1. The van der Waals surface area contributed by atoms with Crippen LogP contribution in [0, 0.1) is 0 Å². The maximum atomic E-state index is 12.1. The monoisotopic (exact) mass is 286 g/mol. The molecule has 1 amide bonds. The number of nitrogen functional groups attached to an aromatic ring is 1. The molecule has 0 aliphatic carbocycles. The summed E-state index contributed by atoms with van der Waals surface area (Å²) >= 11 is 3.22. The number of hydrogen-bond acceptors (Lipinski definition) is 6. The number of hydrogen-bond donors (Lipinski definition) is 2. The van der Waals surface area contributed by atoms with Crippen molar-refractivity contribution in [1.29, 1.82) is 0 Å². The van der Waals surface area contributed by atoms with Crippen LogP contribution in [-0.2, 0) is 0 Å². The van der Waals surface area contributed by atoms with E-state index in [0.717, 1.165) is 23.7 Å². The van der Waals surface area contributed by atoms with Crippen LogP contribution in [0.5, 0.6) is 0 Å². The van der Waals surface area contributed by atoms with Crippen molar-refractivity contribution in [2.75, 3.05) is 36.2 Å². The van der Waals surface area contributed by atoms with Gasteiger partial charge in [-0.3, -0.25) is 4.79 Å². The first-order chi connectivity index (χ1) is 8.58. The van der Waals surface area contributed by atoms with Crippen molar-refractivity contribution in [3.8, 4) is 0 Å². The van der Waals surface area contributed by atoms with Crippen LogP contribution in [-0.4, -0.2) is 42.5 Å². The molecule has 100 valence electrons. The van der Waals surface area contributed by atoms with Crippen LogP contribution in [0.25, 0.3) is 0 Å². The molecule has 18 heavy (non-hydrogen) atoms. The summed E-state index contributed by atoms with van der Waals surface area (Å²) in [5, 5.41) is 3.80. The minimum absolute atomic E-state index is 0.0920. The molecular formula is C11H18N4OS2. The summed E-state index contributed by atoms with van der Waals surface area (Å²) in [6, 6.07) is 0.264. The van der Waals surface area contributed by atoms with Gasteiger partial charge >= 0.3 is 0 Å². The first-order valence-corrected chi connectivity index (χ1v) is 7.87. The Morgan fingerprint density at radius 1 is 1.56 bits per heavy atom. The zero-order valence-corrected chi connectivity index (χ0v) is 12.2. The van der Waals surface area contributed by atoms with Gasteiger partial charge in [-0.25, -0.2) is 4.98 Å². The molecule has 1 aliphatic rings. The summed E-state index contributed by atoms with van der Waals surface area (Å²) < 4.78 is 0. The molecular weight excluding hydrogens is 268 g/mol. The fourth-order valence-corrected chi connectivity index (χ4v) is 3.66. The first kappa shape index (κ1) is 13.5. The lowest BCUT2D eigenvalue weighted by molar-refractivity contribution is 0.0943. The first-order valence-electron chi connectivity index (χ1n) is 5.90. The lowest BCUT2D eigenvalue weighted by Gasteiger charge is -2.22. The van der Waals surface area contributed by atoms with E-state index >= 15 is 0 Å². The molecule has 1 aromatic rings. The number of nitrogens with zero attached hydrogens (tertiary/aromatic N) is 2. The fraction of sp³-hybridized carbons (Fsp3) is 0.636. The lowest BCUT2D eigenvalue weighted by Crippen LogP contribution is -2.38. The number of thiazole rings is 1. The van der Waals surface area contributed by atoms with Crippen molar-refractivity contribution in [3.63, 3.8) is 0 Å². The van der Waals surface area contributed by atoms with Crippen LogP contribution in [0.1, 0.15) is 22.5 Å². The molecule has 2 heterocycles. The highest BCUT2D eigenvalue weighted by atomic mass is 32.2. The smallest absolute Gasteiger partial charge is 0.265 e. The largest absolute Gasteiger partial charge is 0.382 e. The molecule has 0 saturated carbocycles. The summed E-state index contributed by atoms with van der Waals surface area (Å²) in [7, 11) is 3.77. The summed E-state index contributed by atoms with van der Waals surface area (Å²) in [6.45, 7) is 0.